The van der Waals surface area contributed by atoms with E-state index in [0.717, 1.165) is 24.5 Å². The van der Waals surface area contributed by atoms with Gasteiger partial charge in [0.05, 0.1) is 5.01 Å². The summed E-state index contributed by atoms with van der Waals surface area (Å²) < 4.78 is 0. The largest absolute Gasteiger partial charge is 0.300 e. The van der Waals surface area contributed by atoms with Crippen LogP contribution in [0.25, 0.3) is 0 Å². The van der Waals surface area contributed by atoms with Crippen LogP contribution in [0.2, 0.25) is 0 Å². The van der Waals surface area contributed by atoms with E-state index in [-0.39, 0.29) is 0 Å². The van der Waals surface area contributed by atoms with Gasteiger partial charge >= 0.3 is 0 Å². The van der Waals surface area contributed by atoms with Crippen molar-refractivity contribution in [3.8, 4) is 0 Å². The predicted octanol–water partition coefficient (Wildman–Crippen LogP) is 2.79. The van der Waals surface area contributed by atoms with Crippen LogP contribution in [0, 0.1) is 6.92 Å². The minimum absolute atomic E-state index is 0.308. The Bertz CT molecular complexity index is 389. The molecule has 1 aliphatic rings. The van der Waals surface area contributed by atoms with Crippen molar-refractivity contribution >= 4 is 17.1 Å². The lowest BCUT2D eigenvalue weighted by atomic mass is 9.98. The molecule has 1 aliphatic heterocycles. The number of Topliss-reactive ketones (excluding diaryl/α,β-unsaturated/α-hetero) is 1. The monoisotopic (exact) mass is 252 g/mol. The van der Waals surface area contributed by atoms with Crippen LogP contribution in [0.15, 0.2) is 6.20 Å². The number of thiazole rings is 1. The molecule has 2 heterocycles. The van der Waals surface area contributed by atoms with Crippen molar-refractivity contribution in [1.82, 2.24) is 9.88 Å². The number of carbonyl (C=O) groups excluding carboxylic acids is 1. The fraction of sp³-hybridized carbons (Fsp3) is 0.692. The molecular weight excluding hydrogens is 232 g/mol. The number of hydrogen-bond acceptors (Lipinski definition) is 4. The Kier molecular flexibility index (Phi) is 4.29. The van der Waals surface area contributed by atoms with Gasteiger partial charge in [0.2, 0.25) is 0 Å². The van der Waals surface area contributed by atoms with E-state index in [2.05, 4.69) is 9.88 Å². The number of piperidine rings is 1. The summed E-state index contributed by atoms with van der Waals surface area (Å²) in [4.78, 5) is 19.3. The first-order chi connectivity index (χ1) is 8.15. The van der Waals surface area contributed by atoms with Crippen molar-refractivity contribution in [2.75, 3.05) is 6.54 Å². The third kappa shape index (κ3) is 3.61. The number of rotatable bonds is 4. The van der Waals surface area contributed by atoms with Crippen LogP contribution in [-0.2, 0) is 11.3 Å². The second-order valence-corrected chi connectivity index (χ2v) is 6.19. The quantitative estimate of drug-likeness (QED) is 0.826. The van der Waals surface area contributed by atoms with Gasteiger partial charge in [0.15, 0.2) is 0 Å². The molecule has 0 N–H and O–H groups in total. The summed E-state index contributed by atoms with van der Waals surface area (Å²) in [5, 5.41) is 1.13. The molecule has 0 saturated carbocycles. The van der Waals surface area contributed by atoms with Gasteiger partial charge < -0.3 is 0 Å². The second kappa shape index (κ2) is 5.74. The van der Waals surface area contributed by atoms with Crippen LogP contribution in [0.5, 0.6) is 0 Å². The van der Waals surface area contributed by atoms with Gasteiger partial charge in [-0.25, -0.2) is 4.98 Å². The summed E-state index contributed by atoms with van der Waals surface area (Å²) in [7, 11) is 0. The van der Waals surface area contributed by atoms with Crippen molar-refractivity contribution in [2.24, 2.45) is 0 Å². The van der Waals surface area contributed by atoms with E-state index in [9.17, 15) is 4.79 Å². The number of ketones is 1. The number of nitrogens with zero attached hydrogens (tertiary/aromatic N) is 2. The molecule has 1 saturated heterocycles. The standard InChI is InChI=1S/C13H20N2OS/c1-10(16)7-12-5-3-4-6-15(12)9-13-8-14-11(2)17-13/h8,12H,3-7,9H2,1-2H3. The Hall–Kier alpha value is -0.740. The maximum absolute atomic E-state index is 11.3. The van der Waals surface area contributed by atoms with Crippen molar-refractivity contribution in [3.05, 3.63) is 16.1 Å². The van der Waals surface area contributed by atoms with Crippen LogP contribution in [-0.4, -0.2) is 28.3 Å². The zero-order valence-electron chi connectivity index (χ0n) is 10.6. The number of aromatic nitrogens is 1. The summed E-state index contributed by atoms with van der Waals surface area (Å²) in [6.07, 6.45) is 6.36. The molecule has 1 atom stereocenters. The SMILES string of the molecule is CC(=O)CC1CCCCN1Cc1cnc(C)s1. The minimum Gasteiger partial charge on any atom is -0.300 e. The van der Waals surface area contributed by atoms with E-state index in [0.29, 0.717) is 18.2 Å². The lowest BCUT2D eigenvalue weighted by Gasteiger charge is -2.34. The Balaban J connectivity index is 1.98. The summed E-state index contributed by atoms with van der Waals surface area (Å²) >= 11 is 1.76. The molecule has 0 spiro atoms. The Morgan fingerprint density at radius 1 is 1.59 bits per heavy atom. The van der Waals surface area contributed by atoms with Gasteiger partial charge in [0, 0.05) is 30.1 Å². The summed E-state index contributed by atoms with van der Waals surface area (Å²) in [5.41, 5.74) is 0. The molecular formula is C13H20N2OS. The molecule has 0 aliphatic carbocycles. The molecule has 1 aromatic rings. The zero-order valence-corrected chi connectivity index (χ0v) is 11.4. The maximum atomic E-state index is 11.3. The fourth-order valence-electron chi connectivity index (χ4n) is 2.51. The Morgan fingerprint density at radius 2 is 2.41 bits per heavy atom. The lowest BCUT2D eigenvalue weighted by Crippen LogP contribution is -2.39. The highest BCUT2D eigenvalue weighted by Crippen LogP contribution is 2.24. The fourth-order valence-corrected chi connectivity index (χ4v) is 3.33. The molecule has 3 nitrogen and oxygen atoms in total. The normalized spacial score (nSPS) is 21.6. The number of likely N-dealkylation sites (tertiary alicyclic amines) is 1. The number of aryl methyl sites for hydroxylation is 1. The molecule has 0 bridgehead atoms. The topological polar surface area (TPSA) is 33.2 Å². The highest BCUT2D eigenvalue weighted by Gasteiger charge is 2.23. The van der Waals surface area contributed by atoms with Gasteiger partial charge in [-0.3, -0.25) is 9.69 Å². The van der Waals surface area contributed by atoms with Gasteiger partial charge in [-0.15, -0.1) is 11.3 Å². The Labute approximate surface area is 107 Å². The summed E-state index contributed by atoms with van der Waals surface area (Å²) in [5.74, 6) is 0.308. The predicted molar refractivity (Wildman–Crippen MR) is 70.2 cm³/mol. The molecule has 17 heavy (non-hydrogen) atoms. The van der Waals surface area contributed by atoms with Crippen molar-refractivity contribution < 1.29 is 4.79 Å². The third-order valence-electron chi connectivity index (χ3n) is 3.30. The number of hydrogen-bond donors (Lipinski definition) is 0. The van der Waals surface area contributed by atoms with Crippen molar-refractivity contribution in [3.63, 3.8) is 0 Å². The van der Waals surface area contributed by atoms with E-state index in [1.165, 1.54) is 17.7 Å². The maximum Gasteiger partial charge on any atom is 0.131 e. The molecule has 2 rings (SSSR count). The third-order valence-corrected chi connectivity index (χ3v) is 4.20. The molecule has 0 aromatic carbocycles. The molecule has 94 valence electrons. The van der Waals surface area contributed by atoms with Gasteiger partial charge in [-0.1, -0.05) is 6.42 Å². The van der Waals surface area contributed by atoms with E-state index >= 15 is 0 Å². The molecule has 1 fully saturated rings. The highest BCUT2D eigenvalue weighted by molar-refractivity contribution is 7.11. The van der Waals surface area contributed by atoms with Crippen molar-refractivity contribution in [1.29, 1.82) is 0 Å². The van der Waals surface area contributed by atoms with E-state index < -0.39 is 0 Å². The van der Waals surface area contributed by atoms with Crippen molar-refractivity contribution in [2.45, 2.75) is 52.1 Å². The average Bonchev–Trinajstić information content (AvgIpc) is 2.66. The first-order valence-corrected chi connectivity index (χ1v) is 7.11. The smallest absolute Gasteiger partial charge is 0.131 e. The summed E-state index contributed by atoms with van der Waals surface area (Å²) in [6, 6.07) is 0.448. The first-order valence-electron chi connectivity index (χ1n) is 6.30. The second-order valence-electron chi connectivity index (χ2n) is 4.87. The molecule has 4 heteroatoms. The summed E-state index contributed by atoms with van der Waals surface area (Å²) in [6.45, 7) is 5.82. The minimum atomic E-state index is 0.308. The van der Waals surface area contributed by atoms with E-state index in [1.807, 2.05) is 13.1 Å². The average molecular weight is 252 g/mol. The van der Waals surface area contributed by atoms with Crippen LogP contribution in [0.1, 0.15) is 42.5 Å². The van der Waals surface area contributed by atoms with Gasteiger partial charge in [0.25, 0.3) is 0 Å². The molecule has 1 unspecified atom stereocenters. The van der Waals surface area contributed by atoms with Crippen LogP contribution >= 0.6 is 11.3 Å². The van der Waals surface area contributed by atoms with Gasteiger partial charge in [-0.05, 0) is 33.2 Å². The van der Waals surface area contributed by atoms with Gasteiger partial charge in [0.1, 0.15) is 5.78 Å². The first kappa shape index (κ1) is 12.7. The van der Waals surface area contributed by atoms with Crippen LogP contribution in [0.4, 0.5) is 0 Å². The zero-order chi connectivity index (χ0) is 12.3. The van der Waals surface area contributed by atoms with Crippen LogP contribution < -0.4 is 0 Å². The van der Waals surface area contributed by atoms with Crippen LogP contribution in [0.3, 0.4) is 0 Å². The van der Waals surface area contributed by atoms with E-state index in [1.54, 1.807) is 18.3 Å². The lowest BCUT2D eigenvalue weighted by molar-refractivity contribution is -0.118. The number of carbonyl (C=O) groups is 1. The molecule has 0 radical (unpaired) electrons. The Morgan fingerprint density at radius 3 is 3.06 bits per heavy atom. The molecule has 0 amide bonds. The molecule has 1 aromatic heterocycles. The van der Waals surface area contributed by atoms with Gasteiger partial charge in [-0.2, -0.15) is 0 Å². The highest BCUT2D eigenvalue weighted by atomic mass is 32.1. The van der Waals surface area contributed by atoms with E-state index in [4.69, 9.17) is 0 Å².